The van der Waals surface area contributed by atoms with Gasteiger partial charge in [-0.3, -0.25) is 10.1 Å². The van der Waals surface area contributed by atoms with Gasteiger partial charge in [0.1, 0.15) is 17.2 Å². The van der Waals surface area contributed by atoms with Crippen LogP contribution in [0.5, 0.6) is 23.0 Å². The van der Waals surface area contributed by atoms with Crippen LogP contribution in [0, 0.1) is 10.1 Å². The van der Waals surface area contributed by atoms with Crippen LogP contribution in [-0.4, -0.2) is 4.92 Å². The Balaban J connectivity index is 2.06. The van der Waals surface area contributed by atoms with Crippen molar-refractivity contribution in [3.8, 4) is 23.0 Å². The average Bonchev–Trinajstić information content (AvgIpc) is 2.66. The lowest BCUT2D eigenvalue weighted by atomic mass is 10.2. The summed E-state index contributed by atoms with van der Waals surface area (Å²) >= 11 is 42.1. The van der Waals surface area contributed by atoms with Gasteiger partial charge >= 0.3 is 5.69 Å². The van der Waals surface area contributed by atoms with Crippen molar-refractivity contribution < 1.29 is 14.4 Å². The summed E-state index contributed by atoms with van der Waals surface area (Å²) in [7, 11) is 0. The molecule has 12 heteroatoms. The molecule has 0 bridgehead atoms. The number of rotatable bonds is 5. The van der Waals surface area contributed by atoms with Crippen LogP contribution in [0.3, 0.4) is 0 Å². The number of halogens is 7. The first kappa shape index (κ1) is 23.4. The molecule has 3 rings (SSSR count). The molecule has 0 aliphatic heterocycles. The Kier molecular flexibility index (Phi) is 7.36. The molecule has 0 spiro atoms. The third-order valence-corrected chi connectivity index (χ3v) is 5.93. The van der Waals surface area contributed by atoms with E-state index in [1.54, 1.807) is 0 Å². The van der Waals surface area contributed by atoms with Crippen LogP contribution in [0.15, 0.2) is 36.4 Å². The van der Waals surface area contributed by atoms with Gasteiger partial charge in [-0.05, 0) is 12.1 Å². The van der Waals surface area contributed by atoms with Gasteiger partial charge in [-0.15, -0.1) is 0 Å². The minimum Gasteiger partial charge on any atom is -0.454 e. The van der Waals surface area contributed by atoms with Gasteiger partial charge in [0.05, 0.1) is 40.1 Å². The number of nitrogens with zero attached hydrogens (tertiary/aromatic N) is 1. The van der Waals surface area contributed by atoms with Crippen LogP contribution in [0.25, 0.3) is 0 Å². The van der Waals surface area contributed by atoms with Crippen LogP contribution in [0.1, 0.15) is 0 Å². The van der Waals surface area contributed by atoms with Crippen molar-refractivity contribution in [2.24, 2.45) is 0 Å². The molecular weight excluding hydrogens is 542 g/mol. The maximum Gasteiger partial charge on any atom is 0.313 e. The predicted octanol–water partition coefficient (Wildman–Crippen LogP) is 9.75. The van der Waals surface area contributed by atoms with Crippen molar-refractivity contribution in [2.45, 2.75) is 0 Å². The zero-order valence-corrected chi connectivity index (χ0v) is 19.5. The van der Waals surface area contributed by atoms with Crippen LogP contribution in [0.4, 0.5) is 5.69 Å². The van der Waals surface area contributed by atoms with Crippen molar-refractivity contribution in [3.05, 3.63) is 81.7 Å². The highest BCUT2D eigenvalue weighted by molar-refractivity contribution is 6.44. The van der Waals surface area contributed by atoms with Crippen LogP contribution in [0.2, 0.25) is 35.2 Å². The van der Waals surface area contributed by atoms with E-state index in [2.05, 4.69) is 0 Å². The van der Waals surface area contributed by atoms with Crippen molar-refractivity contribution in [2.75, 3.05) is 0 Å². The van der Waals surface area contributed by atoms with Crippen molar-refractivity contribution >= 4 is 86.9 Å². The van der Waals surface area contributed by atoms with Gasteiger partial charge in [-0.2, -0.15) is 0 Å². The third-order valence-electron chi connectivity index (χ3n) is 3.60. The van der Waals surface area contributed by atoms with Gasteiger partial charge in [0, 0.05) is 24.3 Å². The van der Waals surface area contributed by atoms with Crippen LogP contribution < -0.4 is 9.47 Å². The fourth-order valence-electron chi connectivity index (χ4n) is 2.23. The third kappa shape index (κ3) is 5.11. The van der Waals surface area contributed by atoms with Crippen molar-refractivity contribution in [1.82, 2.24) is 0 Å². The Bertz CT molecular complexity index is 1170. The second-order valence-corrected chi connectivity index (χ2v) is 8.46. The fourth-order valence-corrected chi connectivity index (χ4v) is 3.58. The summed E-state index contributed by atoms with van der Waals surface area (Å²) < 4.78 is 11.3. The maximum atomic E-state index is 11.5. The molecule has 0 atom stereocenters. The highest BCUT2D eigenvalue weighted by Crippen LogP contribution is 2.45. The van der Waals surface area contributed by atoms with Crippen LogP contribution >= 0.6 is 81.2 Å². The zero-order chi connectivity index (χ0) is 22.2. The number of benzene rings is 3. The number of ether oxygens (including phenoxy) is 2. The lowest BCUT2D eigenvalue weighted by Gasteiger charge is -2.13. The average molecular weight is 548 g/mol. The molecule has 0 saturated heterocycles. The molecule has 0 N–H and O–H groups in total. The summed E-state index contributed by atoms with van der Waals surface area (Å²) in [6.45, 7) is 0. The van der Waals surface area contributed by atoms with E-state index in [0.717, 1.165) is 6.07 Å². The Hall–Kier alpha value is -1.31. The largest absolute Gasteiger partial charge is 0.454 e. The lowest BCUT2D eigenvalue weighted by Crippen LogP contribution is -1.96. The van der Waals surface area contributed by atoms with E-state index in [1.807, 2.05) is 0 Å². The first-order valence-corrected chi connectivity index (χ1v) is 10.3. The summed E-state index contributed by atoms with van der Waals surface area (Å²) in [6.07, 6.45) is 0. The quantitative estimate of drug-likeness (QED) is 0.181. The second kappa shape index (κ2) is 9.45. The van der Waals surface area contributed by atoms with Crippen molar-refractivity contribution in [3.63, 3.8) is 0 Å². The second-order valence-electron chi connectivity index (χ2n) is 5.61. The normalized spacial score (nSPS) is 10.8. The Morgan fingerprint density at radius 3 is 1.37 bits per heavy atom. The molecule has 3 aromatic rings. The van der Waals surface area contributed by atoms with Crippen molar-refractivity contribution in [1.29, 1.82) is 0 Å². The maximum absolute atomic E-state index is 11.5. The molecule has 0 radical (unpaired) electrons. The molecule has 156 valence electrons. The summed E-state index contributed by atoms with van der Waals surface area (Å²) in [5.41, 5.74) is -0.435. The summed E-state index contributed by atoms with van der Waals surface area (Å²) in [5.74, 6) is -0.0417. The van der Waals surface area contributed by atoms with E-state index >= 15 is 0 Å². The molecule has 0 aliphatic carbocycles. The minimum absolute atomic E-state index is 0.00809. The monoisotopic (exact) mass is 545 g/mol. The van der Waals surface area contributed by atoms with E-state index in [1.165, 1.54) is 30.3 Å². The highest BCUT2D eigenvalue weighted by atomic mass is 35.5. The molecule has 0 unspecified atom stereocenters. The molecule has 0 saturated carbocycles. The minimum atomic E-state index is -0.678. The molecule has 0 aromatic heterocycles. The molecule has 0 heterocycles. The van der Waals surface area contributed by atoms with E-state index in [4.69, 9.17) is 90.7 Å². The van der Waals surface area contributed by atoms with Gasteiger partial charge in [0.25, 0.3) is 0 Å². The molecule has 3 aromatic carbocycles. The van der Waals surface area contributed by atoms with Gasteiger partial charge in [-0.25, -0.2) is 0 Å². The van der Waals surface area contributed by atoms with Gasteiger partial charge < -0.3 is 9.47 Å². The molecule has 0 amide bonds. The van der Waals surface area contributed by atoms with E-state index < -0.39 is 10.6 Å². The number of nitro benzene ring substituents is 1. The Morgan fingerprint density at radius 2 is 0.900 bits per heavy atom. The Morgan fingerprint density at radius 1 is 0.533 bits per heavy atom. The molecule has 30 heavy (non-hydrogen) atoms. The van der Waals surface area contributed by atoms with Crippen LogP contribution in [-0.2, 0) is 0 Å². The molecule has 5 nitrogen and oxygen atoms in total. The fraction of sp³-hybridized carbons (Fsp3) is 0. The summed E-state index contributed by atoms with van der Waals surface area (Å²) in [6, 6.07) is 7.69. The topological polar surface area (TPSA) is 61.6 Å². The van der Waals surface area contributed by atoms with Gasteiger partial charge in [-0.1, -0.05) is 81.2 Å². The first-order valence-electron chi connectivity index (χ1n) is 7.69. The zero-order valence-electron chi connectivity index (χ0n) is 14.2. The number of nitro groups is 1. The summed E-state index contributed by atoms with van der Waals surface area (Å²) in [5, 5.41) is 12.4. The Labute approximate surface area is 205 Å². The summed E-state index contributed by atoms with van der Waals surface area (Å²) in [4.78, 5) is 10.8. The van der Waals surface area contributed by atoms with E-state index in [0.29, 0.717) is 0 Å². The SMILES string of the molecule is O=[N+]([O-])c1cc(Cl)c(Oc2cc(Cl)c(Cl)cc2Cl)cc1Oc1cc(Cl)c(Cl)cc1Cl. The molecule has 0 fully saturated rings. The lowest BCUT2D eigenvalue weighted by molar-refractivity contribution is -0.385. The number of hydrogen-bond donors (Lipinski definition) is 0. The molecule has 0 aliphatic rings. The van der Waals surface area contributed by atoms with E-state index in [9.17, 15) is 10.1 Å². The predicted molar refractivity (Wildman–Crippen MR) is 121 cm³/mol. The van der Waals surface area contributed by atoms with E-state index in [-0.39, 0.29) is 58.2 Å². The van der Waals surface area contributed by atoms with Gasteiger partial charge in [0.2, 0.25) is 5.75 Å². The van der Waals surface area contributed by atoms with Gasteiger partial charge in [0.15, 0.2) is 0 Å². The smallest absolute Gasteiger partial charge is 0.313 e. The first-order chi connectivity index (χ1) is 14.1. The standard InChI is InChI=1S/C18H6Cl7NO4/c19-7-1-11(23)15(4-9(7)21)29-17-6-18(14(26(27)28)3-13(17)25)30-16-5-10(22)8(20)2-12(16)24/h1-6H. The highest BCUT2D eigenvalue weighted by Gasteiger charge is 2.23. The molecular formula is C18H6Cl7NO4. The number of hydrogen-bond acceptors (Lipinski definition) is 4.